The van der Waals surface area contributed by atoms with Crippen LogP contribution >= 0.6 is 0 Å². The summed E-state index contributed by atoms with van der Waals surface area (Å²) in [7, 11) is 0. The van der Waals surface area contributed by atoms with E-state index in [0.29, 0.717) is 0 Å². The van der Waals surface area contributed by atoms with Gasteiger partial charge in [-0.05, 0) is 48.9 Å². The second kappa shape index (κ2) is 28.0. The van der Waals surface area contributed by atoms with Gasteiger partial charge in [0.15, 0.2) is 0 Å². The van der Waals surface area contributed by atoms with Crippen molar-refractivity contribution in [3.8, 4) is 11.5 Å². The van der Waals surface area contributed by atoms with Gasteiger partial charge in [-0.25, -0.2) is 0 Å². The van der Waals surface area contributed by atoms with Gasteiger partial charge in [-0.2, -0.15) is 0 Å². The van der Waals surface area contributed by atoms with Crippen molar-refractivity contribution < 1.29 is 9.47 Å². The van der Waals surface area contributed by atoms with Crippen molar-refractivity contribution >= 4 is 0 Å². The molecule has 0 aromatic heterocycles. The van der Waals surface area contributed by atoms with Crippen molar-refractivity contribution in [2.45, 2.75) is 182 Å². The molecular weight excluding hydrogens is 488 g/mol. The minimum atomic E-state index is 0.827. The largest absolute Gasteiger partial charge is 0.494 e. The van der Waals surface area contributed by atoms with Crippen LogP contribution < -0.4 is 9.47 Å². The molecule has 0 saturated heterocycles. The summed E-state index contributed by atoms with van der Waals surface area (Å²) in [4.78, 5) is 0. The number of benzene rings is 1. The molecule has 0 radical (unpaired) electrons. The minimum Gasteiger partial charge on any atom is -0.494 e. The molecule has 234 valence electrons. The van der Waals surface area contributed by atoms with Crippen molar-refractivity contribution in [3.05, 3.63) is 24.3 Å². The highest BCUT2D eigenvalue weighted by molar-refractivity contribution is 5.31. The van der Waals surface area contributed by atoms with Crippen LogP contribution in [0.2, 0.25) is 0 Å². The Labute approximate surface area is 251 Å². The zero-order valence-corrected chi connectivity index (χ0v) is 27.7. The van der Waals surface area contributed by atoms with Gasteiger partial charge in [-0.1, -0.05) is 169 Å². The van der Waals surface area contributed by atoms with Crippen molar-refractivity contribution in [1.82, 2.24) is 0 Å². The standard InChI is InChI=1S/C38H70O2/c1-5-7-25-35(3)27-21-17-13-9-11-15-19-23-33-39-37-29-31-38(32-30-37)40-34-24-20-16-12-10-14-18-22-28-36(4)26-8-6-2/h29-32,35-36H,5-28,33-34H2,1-4H3. The lowest BCUT2D eigenvalue weighted by Crippen LogP contribution is -1.99. The highest BCUT2D eigenvalue weighted by Crippen LogP contribution is 2.20. The van der Waals surface area contributed by atoms with E-state index in [1.54, 1.807) is 0 Å². The molecule has 0 N–H and O–H groups in total. The van der Waals surface area contributed by atoms with Gasteiger partial charge in [0, 0.05) is 0 Å². The van der Waals surface area contributed by atoms with Crippen LogP contribution in [0.15, 0.2) is 24.3 Å². The first-order valence-corrected chi connectivity index (χ1v) is 18.0. The number of unbranched alkanes of at least 4 members (excludes halogenated alkanes) is 16. The van der Waals surface area contributed by atoms with E-state index >= 15 is 0 Å². The van der Waals surface area contributed by atoms with E-state index in [0.717, 1.165) is 49.4 Å². The zero-order chi connectivity index (χ0) is 28.9. The van der Waals surface area contributed by atoms with Crippen LogP contribution in [-0.2, 0) is 0 Å². The topological polar surface area (TPSA) is 18.5 Å². The fraction of sp³-hybridized carbons (Fsp3) is 0.842. The van der Waals surface area contributed by atoms with Crippen LogP contribution in [0.25, 0.3) is 0 Å². The molecule has 40 heavy (non-hydrogen) atoms. The highest BCUT2D eigenvalue weighted by atomic mass is 16.5. The maximum absolute atomic E-state index is 5.95. The van der Waals surface area contributed by atoms with E-state index in [2.05, 4.69) is 52.0 Å². The molecule has 2 unspecified atom stereocenters. The summed E-state index contributed by atoms with van der Waals surface area (Å²) in [5.74, 6) is 3.80. The normalized spacial score (nSPS) is 12.9. The van der Waals surface area contributed by atoms with E-state index in [9.17, 15) is 0 Å². The van der Waals surface area contributed by atoms with Crippen LogP contribution in [0.1, 0.15) is 182 Å². The van der Waals surface area contributed by atoms with Crippen LogP contribution in [-0.4, -0.2) is 13.2 Å². The third-order valence-electron chi connectivity index (χ3n) is 8.64. The highest BCUT2D eigenvalue weighted by Gasteiger charge is 2.03. The van der Waals surface area contributed by atoms with Crippen LogP contribution in [0.4, 0.5) is 0 Å². The fourth-order valence-electron chi connectivity index (χ4n) is 5.72. The summed E-state index contributed by atoms with van der Waals surface area (Å²) in [5.41, 5.74) is 0. The third-order valence-corrected chi connectivity index (χ3v) is 8.64. The molecule has 0 heterocycles. The first-order valence-electron chi connectivity index (χ1n) is 18.0. The van der Waals surface area contributed by atoms with Crippen molar-refractivity contribution in [3.63, 3.8) is 0 Å². The number of hydrogen-bond acceptors (Lipinski definition) is 2. The second-order valence-corrected chi connectivity index (χ2v) is 12.9. The Morgan fingerprint density at radius 1 is 0.400 bits per heavy atom. The minimum absolute atomic E-state index is 0.827. The van der Waals surface area contributed by atoms with E-state index in [1.807, 2.05) is 0 Å². The summed E-state index contributed by atoms with van der Waals surface area (Å²) >= 11 is 0. The fourth-order valence-corrected chi connectivity index (χ4v) is 5.72. The van der Waals surface area contributed by atoms with Gasteiger partial charge < -0.3 is 9.47 Å². The predicted molar refractivity (Wildman–Crippen MR) is 178 cm³/mol. The van der Waals surface area contributed by atoms with Crippen LogP contribution in [0.3, 0.4) is 0 Å². The van der Waals surface area contributed by atoms with Crippen molar-refractivity contribution in [2.75, 3.05) is 13.2 Å². The lowest BCUT2D eigenvalue weighted by atomic mass is 9.97. The van der Waals surface area contributed by atoms with Gasteiger partial charge >= 0.3 is 0 Å². The van der Waals surface area contributed by atoms with Gasteiger partial charge in [-0.15, -0.1) is 0 Å². The molecule has 0 bridgehead atoms. The Kier molecular flexibility index (Phi) is 25.8. The number of rotatable bonds is 30. The number of hydrogen-bond donors (Lipinski definition) is 0. The first-order chi connectivity index (χ1) is 19.7. The van der Waals surface area contributed by atoms with E-state index in [-0.39, 0.29) is 0 Å². The van der Waals surface area contributed by atoms with E-state index < -0.39 is 0 Å². The van der Waals surface area contributed by atoms with E-state index in [4.69, 9.17) is 9.47 Å². The molecule has 1 rings (SSSR count). The van der Waals surface area contributed by atoms with Crippen molar-refractivity contribution in [1.29, 1.82) is 0 Å². The summed E-state index contributed by atoms with van der Waals surface area (Å²) < 4.78 is 11.9. The van der Waals surface area contributed by atoms with Gasteiger partial charge in [-0.3, -0.25) is 0 Å². The second-order valence-electron chi connectivity index (χ2n) is 12.9. The third kappa shape index (κ3) is 23.5. The molecule has 0 fully saturated rings. The molecule has 0 saturated carbocycles. The summed E-state index contributed by atoms with van der Waals surface area (Å²) in [5, 5.41) is 0. The Morgan fingerprint density at radius 2 is 0.675 bits per heavy atom. The Hall–Kier alpha value is -1.18. The molecule has 2 atom stereocenters. The molecule has 0 aliphatic carbocycles. The molecular formula is C38H70O2. The Bertz CT molecular complexity index is 570. The Morgan fingerprint density at radius 3 is 1.00 bits per heavy atom. The predicted octanol–water partition coefficient (Wildman–Crippen LogP) is 13.1. The SMILES string of the molecule is CCCCC(C)CCCCCCCCCCOc1ccc(OCCCCCCCCCCC(C)CCCC)cc1. The summed E-state index contributed by atoms with van der Waals surface area (Å²) in [6.45, 7) is 11.1. The summed E-state index contributed by atoms with van der Waals surface area (Å²) in [6, 6.07) is 8.23. The van der Waals surface area contributed by atoms with Gasteiger partial charge in [0.05, 0.1) is 13.2 Å². The molecule has 0 spiro atoms. The van der Waals surface area contributed by atoms with Crippen molar-refractivity contribution in [2.24, 2.45) is 11.8 Å². The van der Waals surface area contributed by atoms with Gasteiger partial charge in [0.1, 0.15) is 11.5 Å². The molecule has 0 aliphatic heterocycles. The smallest absolute Gasteiger partial charge is 0.119 e. The van der Waals surface area contributed by atoms with Crippen LogP contribution in [0, 0.1) is 11.8 Å². The molecule has 0 amide bonds. The molecule has 2 nitrogen and oxygen atoms in total. The molecule has 0 aliphatic rings. The Balaban J connectivity index is 1.87. The van der Waals surface area contributed by atoms with E-state index in [1.165, 1.54) is 141 Å². The lowest BCUT2D eigenvalue weighted by molar-refractivity contribution is 0.296. The van der Waals surface area contributed by atoms with Gasteiger partial charge in [0.2, 0.25) is 0 Å². The zero-order valence-electron chi connectivity index (χ0n) is 27.7. The molecule has 1 aromatic rings. The molecule has 2 heteroatoms. The average Bonchev–Trinajstić information content (AvgIpc) is 2.97. The van der Waals surface area contributed by atoms with Gasteiger partial charge in [0.25, 0.3) is 0 Å². The molecule has 1 aromatic carbocycles. The quantitative estimate of drug-likeness (QED) is 0.0874. The summed E-state index contributed by atoms with van der Waals surface area (Å²) in [6.07, 6.45) is 33.0. The average molecular weight is 559 g/mol. The monoisotopic (exact) mass is 559 g/mol. The number of ether oxygens (including phenoxy) is 2. The first kappa shape index (κ1) is 36.8. The maximum Gasteiger partial charge on any atom is 0.119 e. The lowest BCUT2D eigenvalue weighted by Gasteiger charge is -2.10. The maximum atomic E-state index is 5.95. The van der Waals surface area contributed by atoms with Crippen LogP contribution in [0.5, 0.6) is 11.5 Å².